The van der Waals surface area contributed by atoms with Crippen molar-refractivity contribution in [2.75, 3.05) is 19.7 Å². The van der Waals surface area contributed by atoms with Crippen molar-refractivity contribution in [1.29, 1.82) is 0 Å². The Labute approximate surface area is 181 Å². The number of hydrogen-bond acceptors (Lipinski definition) is 3. The molecule has 5 heteroatoms. The second kappa shape index (κ2) is 9.04. The highest BCUT2D eigenvalue weighted by atomic mass is 16.5. The lowest BCUT2D eigenvalue weighted by Gasteiger charge is -2.17. The molecule has 0 N–H and O–H groups in total. The third-order valence-corrected chi connectivity index (χ3v) is 5.62. The first-order valence-corrected chi connectivity index (χ1v) is 10.7. The Morgan fingerprint density at radius 3 is 2.32 bits per heavy atom. The van der Waals surface area contributed by atoms with Crippen molar-refractivity contribution in [3.8, 4) is 5.75 Å². The van der Waals surface area contributed by atoms with Gasteiger partial charge in [0.15, 0.2) is 0 Å². The van der Waals surface area contributed by atoms with E-state index in [0.717, 1.165) is 27.4 Å². The molecule has 0 radical (unpaired) electrons. The Morgan fingerprint density at radius 1 is 0.871 bits per heavy atom. The third kappa shape index (κ3) is 4.04. The SMILES string of the molecule is CCN(CC)C(=O)C(=O)c1cn(CCOc2cccc3ccccc23)c2ccccc12. The molecule has 0 bridgehead atoms. The fraction of sp³-hybridized carbons (Fsp3) is 0.231. The van der Waals surface area contributed by atoms with Gasteiger partial charge < -0.3 is 14.2 Å². The Kier molecular flexibility index (Phi) is 6.03. The van der Waals surface area contributed by atoms with E-state index in [1.165, 1.54) is 0 Å². The quantitative estimate of drug-likeness (QED) is 0.304. The zero-order chi connectivity index (χ0) is 21.8. The first kappa shape index (κ1) is 20.7. The van der Waals surface area contributed by atoms with Crippen LogP contribution in [0.5, 0.6) is 5.75 Å². The maximum atomic E-state index is 12.9. The molecular formula is C26H26N2O3. The summed E-state index contributed by atoms with van der Waals surface area (Å²) in [5.41, 5.74) is 1.36. The zero-order valence-electron chi connectivity index (χ0n) is 17.9. The summed E-state index contributed by atoms with van der Waals surface area (Å²) in [4.78, 5) is 27.1. The van der Waals surface area contributed by atoms with E-state index in [0.29, 0.717) is 31.8 Å². The molecule has 0 spiro atoms. The summed E-state index contributed by atoms with van der Waals surface area (Å²) in [6.07, 6.45) is 1.78. The van der Waals surface area contributed by atoms with Crippen LogP contribution in [0, 0.1) is 0 Å². The van der Waals surface area contributed by atoms with Gasteiger partial charge in [-0.2, -0.15) is 0 Å². The lowest BCUT2D eigenvalue weighted by atomic mass is 10.1. The van der Waals surface area contributed by atoms with Gasteiger partial charge in [0.05, 0.1) is 12.1 Å². The first-order valence-electron chi connectivity index (χ1n) is 10.7. The van der Waals surface area contributed by atoms with Gasteiger partial charge in [0.2, 0.25) is 0 Å². The summed E-state index contributed by atoms with van der Waals surface area (Å²) < 4.78 is 8.07. The number of para-hydroxylation sites is 1. The summed E-state index contributed by atoms with van der Waals surface area (Å²) in [5, 5.41) is 3.00. The second-order valence-corrected chi connectivity index (χ2v) is 7.39. The molecule has 0 fully saturated rings. The number of amides is 1. The average molecular weight is 415 g/mol. The van der Waals surface area contributed by atoms with Gasteiger partial charge in [-0.05, 0) is 31.4 Å². The molecule has 1 amide bonds. The van der Waals surface area contributed by atoms with Crippen LogP contribution in [-0.2, 0) is 11.3 Å². The molecule has 3 aromatic carbocycles. The van der Waals surface area contributed by atoms with Gasteiger partial charge >= 0.3 is 0 Å². The van der Waals surface area contributed by atoms with Crippen LogP contribution in [0.1, 0.15) is 24.2 Å². The molecule has 31 heavy (non-hydrogen) atoms. The maximum Gasteiger partial charge on any atom is 0.295 e. The van der Waals surface area contributed by atoms with E-state index in [1.54, 1.807) is 11.1 Å². The van der Waals surface area contributed by atoms with Crippen LogP contribution in [0.2, 0.25) is 0 Å². The second-order valence-electron chi connectivity index (χ2n) is 7.39. The van der Waals surface area contributed by atoms with Crippen molar-refractivity contribution < 1.29 is 14.3 Å². The van der Waals surface area contributed by atoms with E-state index >= 15 is 0 Å². The van der Waals surface area contributed by atoms with E-state index in [4.69, 9.17) is 4.74 Å². The van der Waals surface area contributed by atoms with E-state index in [-0.39, 0.29) is 0 Å². The van der Waals surface area contributed by atoms with Crippen LogP contribution in [0.25, 0.3) is 21.7 Å². The Bertz CT molecular complexity index is 1230. The largest absolute Gasteiger partial charge is 0.491 e. The van der Waals surface area contributed by atoms with Crippen molar-refractivity contribution in [2.24, 2.45) is 0 Å². The van der Waals surface area contributed by atoms with Gasteiger partial charge in [-0.15, -0.1) is 0 Å². The van der Waals surface area contributed by atoms with Gasteiger partial charge in [0, 0.05) is 35.6 Å². The number of nitrogens with zero attached hydrogens (tertiary/aromatic N) is 2. The standard InChI is InChI=1S/C26H26N2O3/c1-3-27(4-2)26(30)25(29)22-18-28(23-14-8-7-13-21(22)23)16-17-31-24-15-9-11-19-10-5-6-12-20(19)24/h5-15,18H,3-4,16-17H2,1-2H3. The van der Waals surface area contributed by atoms with E-state index in [9.17, 15) is 9.59 Å². The molecule has 1 heterocycles. The highest BCUT2D eigenvalue weighted by Crippen LogP contribution is 2.26. The summed E-state index contributed by atoms with van der Waals surface area (Å²) in [5.74, 6) is -0.0869. The Balaban J connectivity index is 1.57. The Morgan fingerprint density at radius 2 is 1.55 bits per heavy atom. The Hall–Kier alpha value is -3.60. The third-order valence-electron chi connectivity index (χ3n) is 5.62. The topological polar surface area (TPSA) is 51.5 Å². The predicted molar refractivity (Wildman–Crippen MR) is 124 cm³/mol. The molecule has 0 aliphatic heterocycles. The average Bonchev–Trinajstić information content (AvgIpc) is 3.18. The number of hydrogen-bond donors (Lipinski definition) is 0. The monoisotopic (exact) mass is 414 g/mol. The van der Waals surface area contributed by atoms with Crippen LogP contribution >= 0.6 is 0 Å². The lowest BCUT2D eigenvalue weighted by Crippen LogP contribution is -2.36. The van der Waals surface area contributed by atoms with Crippen LogP contribution in [-0.4, -0.2) is 40.9 Å². The number of rotatable bonds is 8. The number of aromatic nitrogens is 1. The molecule has 4 aromatic rings. The van der Waals surface area contributed by atoms with Crippen molar-refractivity contribution in [3.05, 3.63) is 78.5 Å². The van der Waals surface area contributed by atoms with Gasteiger partial charge in [0.25, 0.3) is 11.7 Å². The molecule has 0 aliphatic rings. The summed E-state index contributed by atoms with van der Waals surface area (Å²) in [6.45, 7) is 5.79. The number of ketones is 1. The maximum absolute atomic E-state index is 12.9. The molecule has 0 aliphatic carbocycles. The highest BCUT2D eigenvalue weighted by Gasteiger charge is 2.24. The van der Waals surface area contributed by atoms with Crippen LogP contribution < -0.4 is 4.74 Å². The zero-order valence-corrected chi connectivity index (χ0v) is 17.9. The van der Waals surface area contributed by atoms with Crippen molar-refractivity contribution in [3.63, 3.8) is 0 Å². The molecule has 0 saturated carbocycles. The van der Waals surface area contributed by atoms with Gasteiger partial charge in [-0.3, -0.25) is 9.59 Å². The fourth-order valence-corrected chi connectivity index (χ4v) is 3.96. The molecule has 158 valence electrons. The number of Topliss-reactive ketones (excluding diaryl/α,β-unsaturated/α-hetero) is 1. The minimum Gasteiger partial charge on any atom is -0.491 e. The van der Waals surface area contributed by atoms with E-state index < -0.39 is 11.7 Å². The smallest absolute Gasteiger partial charge is 0.295 e. The normalized spacial score (nSPS) is 11.0. The highest BCUT2D eigenvalue weighted by molar-refractivity contribution is 6.44. The number of likely N-dealkylation sites (N-methyl/N-ethyl adjacent to an activating group) is 1. The number of carbonyl (C=O) groups excluding carboxylic acids is 2. The molecule has 4 rings (SSSR count). The fourth-order valence-electron chi connectivity index (χ4n) is 3.96. The first-order chi connectivity index (χ1) is 15.1. The molecule has 0 unspecified atom stereocenters. The minimum absolute atomic E-state index is 0.442. The predicted octanol–water partition coefficient (Wildman–Crippen LogP) is 4.92. The number of ether oxygens (including phenoxy) is 1. The van der Waals surface area contributed by atoms with Crippen molar-refractivity contribution >= 4 is 33.4 Å². The number of benzene rings is 3. The van der Waals surface area contributed by atoms with Gasteiger partial charge in [-0.1, -0.05) is 54.6 Å². The molecule has 0 atom stereocenters. The lowest BCUT2D eigenvalue weighted by molar-refractivity contribution is -0.126. The number of fused-ring (bicyclic) bond motifs is 2. The summed E-state index contributed by atoms with van der Waals surface area (Å²) in [7, 11) is 0. The van der Waals surface area contributed by atoms with Gasteiger partial charge in [0.1, 0.15) is 12.4 Å². The molecule has 5 nitrogen and oxygen atoms in total. The van der Waals surface area contributed by atoms with Crippen molar-refractivity contribution in [2.45, 2.75) is 20.4 Å². The number of carbonyl (C=O) groups is 2. The van der Waals surface area contributed by atoms with Crippen LogP contribution in [0.15, 0.2) is 72.9 Å². The summed E-state index contributed by atoms with van der Waals surface area (Å²) in [6, 6.07) is 21.8. The molecule has 1 aromatic heterocycles. The van der Waals surface area contributed by atoms with Crippen LogP contribution in [0.3, 0.4) is 0 Å². The van der Waals surface area contributed by atoms with E-state index in [2.05, 4.69) is 12.1 Å². The minimum atomic E-state index is -0.464. The van der Waals surface area contributed by atoms with Crippen molar-refractivity contribution in [1.82, 2.24) is 9.47 Å². The molecular weight excluding hydrogens is 388 g/mol. The van der Waals surface area contributed by atoms with Crippen LogP contribution in [0.4, 0.5) is 0 Å². The van der Waals surface area contributed by atoms with E-state index in [1.807, 2.05) is 73.0 Å². The molecule has 0 saturated heterocycles. The summed E-state index contributed by atoms with van der Waals surface area (Å²) >= 11 is 0. The van der Waals surface area contributed by atoms with Gasteiger partial charge in [-0.25, -0.2) is 0 Å².